The van der Waals surface area contributed by atoms with Crippen LogP contribution in [0.1, 0.15) is 74.5 Å². The third-order valence-corrected chi connectivity index (χ3v) is 5.70. The van der Waals surface area contributed by atoms with Crippen LogP contribution in [0.3, 0.4) is 0 Å². The number of aromatic amines is 1. The molecule has 30 heavy (non-hydrogen) atoms. The van der Waals surface area contributed by atoms with E-state index in [1.165, 1.54) is 48.7 Å². The number of hydrogen-bond donors (Lipinski definition) is 1. The lowest BCUT2D eigenvalue weighted by Gasteiger charge is -2.06. The topological polar surface area (TPSA) is 72.3 Å². The van der Waals surface area contributed by atoms with Crippen molar-refractivity contribution in [1.29, 1.82) is 0 Å². The fraction of sp³-hybridized carbons (Fsp3) is 0.522. The van der Waals surface area contributed by atoms with Crippen LogP contribution < -0.4 is 0 Å². The number of nitrogens with one attached hydrogen (secondary N) is 1. The lowest BCUT2D eigenvalue weighted by molar-refractivity contribution is -0.144. The molecule has 3 rings (SSSR count). The van der Waals surface area contributed by atoms with E-state index in [-0.39, 0.29) is 12.4 Å². The number of halogens is 1. The van der Waals surface area contributed by atoms with Crippen LogP contribution in [0.25, 0.3) is 5.65 Å². The summed E-state index contributed by atoms with van der Waals surface area (Å²) in [7, 11) is 0. The molecule has 2 heterocycles. The highest BCUT2D eigenvalue weighted by Gasteiger charge is 2.13. The zero-order chi connectivity index (χ0) is 21.3. The van der Waals surface area contributed by atoms with Crippen molar-refractivity contribution in [3.8, 4) is 0 Å². The predicted octanol–water partition coefficient (Wildman–Crippen LogP) is 5.60. The average molecular weight is 431 g/mol. The highest BCUT2D eigenvalue weighted by molar-refractivity contribution is 6.34. The van der Waals surface area contributed by atoms with E-state index in [0.717, 1.165) is 17.7 Å². The van der Waals surface area contributed by atoms with E-state index >= 15 is 0 Å². The monoisotopic (exact) mass is 430 g/mol. The summed E-state index contributed by atoms with van der Waals surface area (Å²) in [6.07, 6.45) is 9.61. The lowest BCUT2D eigenvalue weighted by Crippen LogP contribution is -2.07. The summed E-state index contributed by atoms with van der Waals surface area (Å²) in [6.45, 7) is 4.39. The third kappa shape index (κ3) is 6.33. The molecule has 0 amide bonds. The molecule has 6 nitrogen and oxygen atoms in total. The number of fused-ring (bicyclic) bond motifs is 1. The number of carbonyl (C=O) groups is 1. The van der Waals surface area contributed by atoms with Crippen LogP contribution in [-0.4, -0.2) is 25.8 Å². The third-order valence-electron chi connectivity index (χ3n) is 5.24. The van der Waals surface area contributed by atoms with Gasteiger partial charge in [0.05, 0.1) is 12.1 Å². The number of unbranched alkanes of at least 4 members (excludes halogenated alkanes) is 5. The maximum absolute atomic E-state index is 12.1. The Kier molecular flexibility index (Phi) is 8.31. The second-order valence-corrected chi connectivity index (χ2v) is 8.19. The van der Waals surface area contributed by atoms with Gasteiger partial charge in [-0.05, 0) is 30.9 Å². The predicted molar refractivity (Wildman–Crippen MR) is 119 cm³/mol. The molecule has 0 atom stereocenters. The molecule has 1 aromatic carbocycles. The molecule has 0 aliphatic heterocycles. The van der Waals surface area contributed by atoms with Crippen molar-refractivity contribution >= 4 is 23.2 Å². The first-order valence-corrected chi connectivity index (χ1v) is 11.3. The summed E-state index contributed by atoms with van der Waals surface area (Å²) in [5.41, 5.74) is 3.75. The SMILES string of the molecule is CCCCCCCCc1ccc(COC(=O)CCc2nc3c(Cl)c(C)[nH]n3n2)cc1. The molecule has 0 aliphatic rings. The standard InChI is InChI=1S/C23H31ClN4O2/c1-3-4-5-6-7-8-9-18-10-12-19(13-11-18)16-30-21(29)15-14-20-25-23-22(24)17(2)26-28(23)27-20/h10-13,26H,3-9,14-16H2,1-2H3. The average Bonchev–Trinajstić information content (AvgIpc) is 3.26. The van der Waals surface area contributed by atoms with Gasteiger partial charge >= 0.3 is 5.97 Å². The van der Waals surface area contributed by atoms with Gasteiger partial charge in [0.15, 0.2) is 11.5 Å². The molecule has 7 heteroatoms. The Morgan fingerprint density at radius 1 is 1.07 bits per heavy atom. The minimum atomic E-state index is -0.258. The number of ether oxygens (including phenoxy) is 1. The maximum Gasteiger partial charge on any atom is 0.306 e. The Morgan fingerprint density at radius 3 is 2.50 bits per heavy atom. The Hall–Kier alpha value is -2.34. The number of hydrogen-bond acceptors (Lipinski definition) is 4. The molecule has 0 bridgehead atoms. The Balaban J connectivity index is 1.35. The molecule has 1 N–H and O–H groups in total. The maximum atomic E-state index is 12.1. The lowest BCUT2D eigenvalue weighted by atomic mass is 10.0. The van der Waals surface area contributed by atoms with Crippen molar-refractivity contribution in [2.24, 2.45) is 0 Å². The van der Waals surface area contributed by atoms with Crippen LogP contribution in [-0.2, 0) is 29.0 Å². The van der Waals surface area contributed by atoms with Gasteiger partial charge in [0.1, 0.15) is 11.6 Å². The fourth-order valence-electron chi connectivity index (χ4n) is 3.42. The zero-order valence-electron chi connectivity index (χ0n) is 17.9. The van der Waals surface area contributed by atoms with Crippen molar-refractivity contribution in [2.45, 2.75) is 78.2 Å². The number of aryl methyl sites for hydroxylation is 3. The molecule has 0 spiro atoms. The molecular weight excluding hydrogens is 400 g/mol. The Bertz CT molecular complexity index is 946. The molecule has 2 aromatic heterocycles. The van der Waals surface area contributed by atoms with Crippen molar-refractivity contribution in [2.75, 3.05) is 0 Å². The largest absolute Gasteiger partial charge is 0.461 e. The molecule has 0 aliphatic carbocycles. The summed E-state index contributed by atoms with van der Waals surface area (Å²) in [4.78, 5) is 16.4. The number of carbonyl (C=O) groups excluding carboxylic acids is 1. The van der Waals surface area contributed by atoms with Gasteiger partial charge < -0.3 is 4.74 Å². The van der Waals surface area contributed by atoms with Crippen LogP contribution in [0.15, 0.2) is 24.3 Å². The second-order valence-electron chi connectivity index (χ2n) is 7.81. The minimum absolute atomic E-state index is 0.236. The van der Waals surface area contributed by atoms with Crippen LogP contribution in [0.2, 0.25) is 5.02 Å². The van der Waals surface area contributed by atoms with E-state index in [2.05, 4.69) is 34.2 Å². The Labute approximate surface area is 183 Å². The highest BCUT2D eigenvalue weighted by atomic mass is 35.5. The molecule has 3 aromatic rings. The van der Waals surface area contributed by atoms with E-state index < -0.39 is 0 Å². The molecule has 0 radical (unpaired) electrons. The van der Waals surface area contributed by atoms with Gasteiger partial charge in [-0.15, -0.1) is 5.10 Å². The second kappa shape index (κ2) is 11.2. The summed E-state index contributed by atoms with van der Waals surface area (Å²) in [6, 6.07) is 8.36. The smallest absolute Gasteiger partial charge is 0.306 e. The van der Waals surface area contributed by atoms with E-state index in [1.54, 1.807) is 0 Å². The van der Waals surface area contributed by atoms with Crippen LogP contribution in [0.4, 0.5) is 0 Å². The van der Waals surface area contributed by atoms with Crippen molar-refractivity contribution < 1.29 is 9.53 Å². The Morgan fingerprint density at radius 2 is 1.77 bits per heavy atom. The molecule has 0 saturated heterocycles. The number of aromatic nitrogens is 4. The number of benzene rings is 1. The molecule has 0 unspecified atom stereocenters. The summed E-state index contributed by atoms with van der Waals surface area (Å²) in [5, 5.41) is 7.85. The van der Waals surface area contributed by atoms with Crippen molar-refractivity contribution in [3.05, 3.63) is 51.9 Å². The number of nitrogens with zero attached hydrogens (tertiary/aromatic N) is 3. The van der Waals surface area contributed by atoms with Crippen LogP contribution >= 0.6 is 11.6 Å². The summed E-state index contributed by atoms with van der Waals surface area (Å²) in [5.74, 6) is 0.311. The van der Waals surface area contributed by atoms with Gasteiger partial charge in [-0.25, -0.2) is 4.98 Å². The zero-order valence-corrected chi connectivity index (χ0v) is 18.7. The minimum Gasteiger partial charge on any atom is -0.461 e. The summed E-state index contributed by atoms with van der Waals surface area (Å²) < 4.78 is 6.92. The van der Waals surface area contributed by atoms with E-state index in [1.807, 2.05) is 19.1 Å². The van der Waals surface area contributed by atoms with Crippen LogP contribution in [0.5, 0.6) is 0 Å². The highest BCUT2D eigenvalue weighted by Crippen LogP contribution is 2.19. The van der Waals surface area contributed by atoms with Crippen LogP contribution in [0, 0.1) is 6.92 Å². The fourth-order valence-corrected chi connectivity index (χ4v) is 3.58. The van der Waals surface area contributed by atoms with Gasteiger partial charge in [-0.2, -0.15) is 4.63 Å². The van der Waals surface area contributed by atoms with E-state index in [9.17, 15) is 4.79 Å². The van der Waals surface area contributed by atoms with Gasteiger partial charge in [-0.1, -0.05) is 74.9 Å². The quantitative estimate of drug-likeness (QED) is 0.300. The van der Waals surface area contributed by atoms with Crippen molar-refractivity contribution in [3.63, 3.8) is 0 Å². The molecule has 162 valence electrons. The number of rotatable bonds is 12. The van der Waals surface area contributed by atoms with Crippen molar-refractivity contribution in [1.82, 2.24) is 19.8 Å². The molecular formula is C23H31ClN4O2. The van der Waals surface area contributed by atoms with E-state index in [4.69, 9.17) is 16.3 Å². The first-order valence-electron chi connectivity index (χ1n) is 10.9. The van der Waals surface area contributed by atoms with Gasteiger partial charge in [0, 0.05) is 6.42 Å². The first-order chi connectivity index (χ1) is 14.6. The number of H-pyrrole nitrogens is 1. The first kappa shape index (κ1) is 22.3. The van der Waals surface area contributed by atoms with Gasteiger partial charge in [0.2, 0.25) is 0 Å². The van der Waals surface area contributed by atoms with E-state index in [0.29, 0.717) is 29.5 Å². The molecule has 0 saturated carbocycles. The van der Waals surface area contributed by atoms with Gasteiger partial charge in [-0.3, -0.25) is 9.89 Å². The molecule has 0 fully saturated rings. The summed E-state index contributed by atoms with van der Waals surface area (Å²) >= 11 is 6.15. The number of esters is 1. The normalized spacial score (nSPS) is 11.3. The van der Waals surface area contributed by atoms with Gasteiger partial charge in [0.25, 0.3) is 0 Å².